The number of anilines is 2. The molecule has 0 atom stereocenters. The van der Waals surface area contributed by atoms with Gasteiger partial charge in [0.1, 0.15) is 11.5 Å². The predicted octanol–water partition coefficient (Wildman–Crippen LogP) is 2.78. The van der Waals surface area contributed by atoms with Crippen molar-refractivity contribution >= 4 is 51.2 Å². The Hall–Kier alpha value is -2.89. The van der Waals surface area contributed by atoms with Gasteiger partial charge < -0.3 is 19.7 Å². The Morgan fingerprint density at radius 3 is 2.56 bits per heavy atom. The number of aromatic nitrogens is 2. The second-order valence-electron chi connectivity index (χ2n) is 5.70. The van der Waals surface area contributed by atoms with Crippen LogP contribution in [0.5, 0.6) is 5.75 Å². The van der Waals surface area contributed by atoms with Crippen molar-refractivity contribution in [1.82, 2.24) is 9.13 Å². The Labute approximate surface area is 164 Å². The molecular weight excluding hydrogens is 472 g/mol. The van der Waals surface area contributed by atoms with Crippen LogP contribution >= 0.6 is 22.6 Å². The van der Waals surface area contributed by atoms with Gasteiger partial charge in [-0.25, -0.2) is 9.18 Å². The molecule has 0 saturated heterocycles. The summed E-state index contributed by atoms with van der Waals surface area (Å²) < 4.78 is 22.1. The third kappa shape index (κ3) is 3.52. The normalized spacial score (nSPS) is 10.8. The molecule has 3 rings (SSSR count). The van der Waals surface area contributed by atoms with E-state index in [1.807, 2.05) is 22.6 Å². The van der Waals surface area contributed by atoms with Crippen LogP contribution in [-0.4, -0.2) is 20.4 Å². The summed E-state index contributed by atoms with van der Waals surface area (Å²) in [6.45, 7) is 0. The number of aryl methyl sites for hydroxylation is 2. The predicted molar refractivity (Wildman–Crippen MR) is 105 cm³/mol. The monoisotopic (exact) mass is 485 g/mol. The Morgan fingerprint density at radius 2 is 1.93 bits per heavy atom. The molecule has 0 amide bonds. The number of benzene rings is 1. The molecule has 2 N–H and O–H groups in total. The zero-order valence-electron chi connectivity index (χ0n) is 14.1. The van der Waals surface area contributed by atoms with E-state index in [2.05, 4.69) is 10.1 Å². The maximum absolute atomic E-state index is 14.2. The number of nitrogens with one attached hydrogen (secondary N) is 1. The lowest BCUT2D eigenvalue weighted by atomic mass is 10.2. The zero-order valence-corrected chi connectivity index (χ0v) is 16.3. The molecule has 0 aliphatic carbocycles. The summed E-state index contributed by atoms with van der Waals surface area (Å²) >= 11 is 1.96. The number of carboxylic acid groups (broad SMARTS) is 1. The van der Waals surface area contributed by atoms with Gasteiger partial charge in [-0.15, -0.1) is 0 Å². The van der Waals surface area contributed by atoms with Gasteiger partial charge in [-0.3, -0.25) is 14.2 Å². The van der Waals surface area contributed by atoms with E-state index in [0.29, 0.717) is 3.57 Å². The van der Waals surface area contributed by atoms with Crippen molar-refractivity contribution in [2.45, 2.75) is 0 Å². The van der Waals surface area contributed by atoms with Crippen LogP contribution in [0.15, 0.2) is 40.1 Å². The van der Waals surface area contributed by atoms with E-state index in [1.54, 1.807) is 6.07 Å². The van der Waals surface area contributed by atoms with E-state index >= 15 is 0 Å². The van der Waals surface area contributed by atoms with E-state index < -0.39 is 28.7 Å². The van der Waals surface area contributed by atoms with E-state index in [0.717, 1.165) is 6.07 Å². The molecule has 27 heavy (non-hydrogen) atoms. The first-order valence-electron chi connectivity index (χ1n) is 7.55. The first-order valence-corrected chi connectivity index (χ1v) is 8.63. The maximum Gasteiger partial charge on any atom is 0.511 e. The molecular formula is C17H13FIN3O5. The molecule has 10 heteroatoms. The van der Waals surface area contributed by atoms with E-state index in [4.69, 9.17) is 5.11 Å². The van der Waals surface area contributed by atoms with Crippen molar-refractivity contribution in [2.24, 2.45) is 14.1 Å². The Bertz CT molecular complexity index is 1200. The van der Waals surface area contributed by atoms with E-state index in [-0.39, 0.29) is 22.4 Å². The summed E-state index contributed by atoms with van der Waals surface area (Å²) in [5, 5.41) is 11.6. The van der Waals surface area contributed by atoms with Crippen LogP contribution in [0.3, 0.4) is 0 Å². The minimum Gasteiger partial charge on any atom is -0.449 e. The maximum atomic E-state index is 14.2. The second kappa shape index (κ2) is 7.02. The number of halogens is 2. The first-order chi connectivity index (χ1) is 12.7. The summed E-state index contributed by atoms with van der Waals surface area (Å²) in [6.07, 6.45) is -0.470. The highest BCUT2D eigenvalue weighted by Gasteiger charge is 2.18. The summed E-state index contributed by atoms with van der Waals surface area (Å²) in [5.74, 6) is -0.993. The molecule has 0 saturated carbocycles. The molecule has 0 fully saturated rings. The lowest BCUT2D eigenvalue weighted by molar-refractivity contribution is 0.144. The number of fused-ring (bicyclic) bond motifs is 1. The first kappa shape index (κ1) is 18.9. The summed E-state index contributed by atoms with van der Waals surface area (Å²) in [4.78, 5) is 35.9. The molecule has 0 bridgehead atoms. The lowest BCUT2D eigenvalue weighted by Gasteiger charge is -2.16. The lowest BCUT2D eigenvalue weighted by Crippen LogP contribution is -2.24. The second-order valence-corrected chi connectivity index (χ2v) is 6.95. The number of nitrogens with zero attached hydrogens (tertiary/aromatic N) is 2. The summed E-state index contributed by atoms with van der Waals surface area (Å²) in [5.41, 5.74) is -0.841. The fourth-order valence-electron chi connectivity index (χ4n) is 2.74. The number of hydrogen-bond donors (Lipinski definition) is 2. The quantitative estimate of drug-likeness (QED) is 0.437. The fraction of sp³-hybridized carbons (Fsp3) is 0.118. The Kier molecular flexibility index (Phi) is 4.91. The van der Waals surface area contributed by atoms with Gasteiger partial charge in [0.05, 0.1) is 23.0 Å². The molecule has 3 aromatic rings. The molecule has 1 aromatic carbocycles. The van der Waals surface area contributed by atoms with Crippen molar-refractivity contribution in [2.75, 3.05) is 5.32 Å². The van der Waals surface area contributed by atoms with Crippen LogP contribution in [0.25, 0.3) is 11.0 Å². The van der Waals surface area contributed by atoms with Crippen LogP contribution < -0.4 is 21.0 Å². The van der Waals surface area contributed by atoms with Crippen molar-refractivity contribution in [3.63, 3.8) is 0 Å². The van der Waals surface area contributed by atoms with E-state index in [1.165, 1.54) is 41.6 Å². The van der Waals surface area contributed by atoms with Crippen LogP contribution in [0.4, 0.5) is 20.6 Å². The van der Waals surface area contributed by atoms with Gasteiger partial charge in [0.2, 0.25) is 5.43 Å². The van der Waals surface area contributed by atoms with Gasteiger partial charge in [-0.1, -0.05) is 0 Å². The average Bonchev–Trinajstić information content (AvgIpc) is 2.57. The highest BCUT2D eigenvalue weighted by Crippen LogP contribution is 2.26. The Morgan fingerprint density at radius 1 is 1.22 bits per heavy atom. The number of pyridine rings is 2. The van der Waals surface area contributed by atoms with Crippen LogP contribution in [0, 0.1) is 9.39 Å². The smallest absolute Gasteiger partial charge is 0.449 e. The van der Waals surface area contributed by atoms with Gasteiger partial charge in [-0.2, -0.15) is 0 Å². The summed E-state index contributed by atoms with van der Waals surface area (Å²) in [7, 11) is 3.00. The number of hydrogen-bond acceptors (Lipinski definition) is 5. The van der Waals surface area contributed by atoms with Gasteiger partial charge in [-0.05, 0) is 40.8 Å². The molecule has 140 valence electrons. The van der Waals surface area contributed by atoms with Crippen molar-refractivity contribution in [3.8, 4) is 5.75 Å². The molecule has 0 unspecified atom stereocenters. The fourth-order valence-corrected chi connectivity index (χ4v) is 3.20. The molecule has 0 spiro atoms. The Balaban J connectivity index is 2.33. The van der Waals surface area contributed by atoms with Gasteiger partial charge >= 0.3 is 6.16 Å². The number of rotatable bonds is 3. The molecule has 2 heterocycles. The third-order valence-electron chi connectivity index (χ3n) is 3.90. The average molecular weight is 485 g/mol. The minimum absolute atomic E-state index is 0.00343. The molecule has 0 aliphatic heterocycles. The molecule has 2 aromatic heterocycles. The van der Waals surface area contributed by atoms with E-state index in [9.17, 15) is 18.8 Å². The largest absolute Gasteiger partial charge is 0.511 e. The highest BCUT2D eigenvalue weighted by molar-refractivity contribution is 14.1. The zero-order chi connectivity index (χ0) is 19.9. The SMILES string of the molecule is Cn1cc(OC(=O)O)c(=O)c2c(Nc3ccc(I)cc3F)cc(=O)n(C)c21. The van der Waals surface area contributed by atoms with Crippen molar-refractivity contribution in [1.29, 1.82) is 0 Å². The van der Waals surface area contributed by atoms with Gasteiger partial charge in [0, 0.05) is 23.7 Å². The van der Waals surface area contributed by atoms with Crippen LogP contribution in [-0.2, 0) is 14.1 Å². The van der Waals surface area contributed by atoms with Gasteiger partial charge in [0.25, 0.3) is 5.56 Å². The standard InChI is InChI=1S/C17H13FIN3O5/c1-21-7-12(27-17(25)26)15(24)14-11(6-13(23)22(2)16(14)21)20-10-4-3-8(19)5-9(10)18/h3-7,20H,1-2H3,(H,25,26). The van der Waals surface area contributed by atoms with Crippen molar-refractivity contribution < 1.29 is 19.0 Å². The van der Waals surface area contributed by atoms with Crippen LogP contribution in [0.2, 0.25) is 0 Å². The molecule has 0 radical (unpaired) electrons. The molecule has 0 aliphatic rings. The van der Waals surface area contributed by atoms with Gasteiger partial charge in [0.15, 0.2) is 5.75 Å². The summed E-state index contributed by atoms with van der Waals surface area (Å²) in [6, 6.07) is 5.57. The van der Waals surface area contributed by atoms with Crippen LogP contribution in [0.1, 0.15) is 0 Å². The number of ether oxygens (including phenoxy) is 1. The van der Waals surface area contributed by atoms with Crippen molar-refractivity contribution in [3.05, 3.63) is 60.4 Å². The highest BCUT2D eigenvalue weighted by atomic mass is 127. The minimum atomic E-state index is -1.64. The molecule has 8 nitrogen and oxygen atoms in total. The number of carbonyl (C=O) groups is 1. The third-order valence-corrected chi connectivity index (χ3v) is 4.57. The topological polar surface area (TPSA) is 103 Å².